The molecule has 0 radical (unpaired) electrons. The summed E-state index contributed by atoms with van der Waals surface area (Å²) in [4.78, 5) is 2.16. The molecule has 0 saturated carbocycles. The lowest BCUT2D eigenvalue weighted by Crippen LogP contribution is -2.36. The van der Waals surface area contributed by atoms with E-state index in [1.54, 1.807) is 11.8 Å². The number of aryl methyl sites for hydroxylation is 2. The first-order valence-electron chi connectivity index (χ1n) is 11.8. The van der Waals surface area contributed by atoms with Gasteiger partial charge in [-0.15, -0.1) is 0 Å². The van der Waals surface area contributed by atoms with Gasteiger partial charge in [-0.1, -0.05) is 55.9 Å². The van der Waals surface area contributed by atoms with Gasteiger partial charge in [0, 0.05) is 9.79 Å². The molecule has 0 heterocycles. The molecular weight excluding hydrogens is 460 g/mol. The quantitative estimate of drug-likeness (QED) is 0.320. The Morgan fingerprint density at radius 1 is 0.800 bits per heavy atom. The van der Waals surface area contributed by atoms with E-state index in [9.17, 15) is 10.2 Å². The van der Waals surface area contributed by atoms with Crippen molar-refractivity contribution in [2.24, 2.45) is 5.41 Å². The Balaban J connectivity index is 1.57. The summed E-state index contributed by atoms with van der Waals surface area (Å²) >= 11 is 1.64. The van der Waals surface area contributed by atoms with Gasteiger partial charge in [0.05, 0.1) is 12.7 Å². The molecule has 188 valence electrons. The summed E-state index contributed by atoms with van der Waals surface area (Å²) in [6.07, 6.45) is -0.709. The van der Waals surface area contributed by atoms with Crippen LogP contribution in [0.3, 0.4) is 0 Å². The van der Waals surface area contributed by atoms with Crippen LogP contribution < -0.4 is 9.47 Å². The van der Waals surface area contributed by atoms with E-state index in [-0.39, 0.29) is 25.2 Å². The first kappa shape index (κ1) is 27.1. The van der Waals surface area contributed by atoms with Gasteiger partial charge in [-0.3, -0.25) is 0 Å². The SMILES string of the molecule is Cc1cc(Sc2ccc(OCC(O)C(C)(C)Cc3ccccc3)c(C)c2)ccc1OCC(O)CO. The highest BCUT2D eigenvalue weighted by molar-refractivity contribution is 7.99. The van der Waals surface area contributed by atoms with Crippen molar-refractivity contribution in [3.8, 4) is 11.5 Å². The van der Waals surface area contributed by atoms with Gasteiger partial charge < -0.3 is 24.8 Å². The molecule has 3 aromatic carbocycles. The van der Waals surface area contributed by atoms with Gasteiger partial charge >= 0.3 is 0 Å². The molecule has 0 aliphatic carbocycles. The summed E-state index contributed by atoms with van der Waals surface area (Å²) in [7, 11) is 0. The van der Waals surface area contributed by atoms with Crippen molar-refractivity contribution in [3.63, 3.8) is 0 Å². The van der Waals surface area contributed by atoms with E-state index < -0.39 is 12.2 Å². The molecule has 2 atom stereocenters. The summed E-state index contributed by atoms with van der Waals surface area (Å²) in [6.45, 7) is 8.06. The Bertz CT molecular complexity index is 1080. The number of aliphatic hydroxyl groups excluding tert-OH is 3. The fourth-order valence-corrected chi connectivity index (χ4v) is 4.72. The molecule has 0 bridgehead atoms. The summed E-state index contributed by atoms with van der Waals surface area (Å²) in [5, 5.41) is 29.2. The molecule has 0 saturated heterocycles. The van der Waals surface area contributed by atoms with Gasteiger partial charge in [-0.05, 0) is 78.8 Å². The third-order valence-corrected chi connectivity index (χ3v) is 6.95. The molecule has 5 nitrogen and oxygen atoms in total. The van der Waals surface area contributed by atoms with Crippen molar-refractivity contribution in [2.45, 2.75) is 56.1 Å². The molecule has 0 aromatic heterocycles. The zero-order chi connectivity index (χ0) is 25.4. The van der Waals surface area contributed by atoms with Crippen LogP contribution in [0.1, 0.15) is 30.5 Å². The second-order valence-electron chi connectivity index (χ2n) is 9.58. The second kappa shape index (κ2) is 12.5. The molecule has 0 amide bonds. The zero-order valence-electron chi connectivity index (χ0n) is 20.9. The minimum Gasteiger partial charge on any atom is -0.491 e. The first-order valence-corrected chi connectivity index (χ1v) is 12.7. The predicted octanol–water partition coefficient (Wildman–Crippen LogP) is 5.20. The van der Waals surface area contributed by atoms with Gasteiger partial charge in [0.1, 0.15) is 30.8 Å². The lowest BCUT2D eigenvalue weighted by molar-refractivity contribution is 0.0116. The highest BCUT2D eigenvalue weighted by atomic mass is 32.2. The normalized spacial score (nSPS) is 13.3. The molecular formula is C29H36O5S. The minimum absolute atomic E-state index is 0.0582. The first-order chi connectivity index (χ1) is 16.7. The van der Waals surface area contributed by atoms with E-state index in [0.29, 0.717) is 5.75 Å². The van der Waals surface area contributed by atoms with E-state index in [1.807, 2.05) is 62.4 Å². The van der Waals surface area contributed by atoms with E-state index in [1.165, 1.54) is 5.56 Å². The van der Waals surface area contributed by atoms with E-state index in [0.717, 1.165) is 33.1 Å². The maximum absolute atomic E-state index is 10.8. The maximum Gasteiger partial charge on any atom is 0.122 e. The molecule has 0 aliphatic heterocycles. The highest BCUT2D eigenvalue weighted by Crippen LogP contribution is 2.34. The average Bonchev–Trinajstić information content (AvgIpc) is 2.83. The molecule has 3 rings (SSSR count). The number of rotatable bonds is 12. The second-order valence-corrected chi connectivity index (χ2v) is 10.7. The van der Waals surface area contributed by atoms with Crippen LogP contribution >= 0.6 is 11.8 Å². The van der Waals surface area contributed by atoms with E-state index in [4.69, 9.17) is 14.6 Å². The molecule has 2 unspecified atom stereocenters. The van der Waals surface area contributed by atoms with Crippen LogP contribution in [-0.4, -0.2) is 47.3 Å². The Morgan fingerprint density at radius 3 is 1.86 bits per heavy atom. The van der Waals surface area contributed by atoms with Gasteiger partial charge in [-0.25, -0.2) is 0 Å². The van der Waals surface area contributed by atoms with E-state index in [2.05, 4.69) is 32.0 Å². The fourth-order valence-electron chi connectivity index (χ4n) is 3.70. The molecule has 35 heavy (non-hydrogen) atoms. The van der Waals surface area contributed by atoms with Gasteiger partial charge in [0.25, 0.3) is 0 Å². The van der Waals surface area contributed by atoms with Crippen molar-refractivity contribution in [1.82, 2.24) is 0 Å². The lowest BCUT2D eigenvalue weighted by atomic mass is 9.81. The van der Waals surface area contributed by atoms with Gasteiger partial charge in [0.2, 0.25) is 0 Å². The highest BCUT2D eigenvalue weighted by Gasteiger charge is 2.29. The van der Waals surface area contributed by atoms with Gasteiger partial charge in [0.15, 0.2) is 0 Å². The van der Waals surface area contributed by atoms with Crippen molar-refractivity contribution in [3.05, 3.63) is 83.4 Å². The van der Waals surface area contributed by atoms with Crippen molar-refractivity contribution in [2.75, 3.05) is 19.8 Å². The van der Waals surface area contributed by atoms with Crippen LogP contribution in [0.2, 0.25) is 0 Å². The largest absolute Gasteiger partial charge is 0.491 e. The van der Waals surface area contributed by atoms with Crippen LogP contribution in [0.5, 0.6) is 11.5 Å². The van der Waals surface area contributed by atoms with Crippen LogP contribution in [0.4, 0.5) is 0 Å². The third kappa shape index (κ3) is 8.00. The molecule has 0 aliphatic rings. The predicted molar refractivity (Wildman–Crippen MR) is 140 cm³/mol. The van der Waals surface area contributed by atoms with Gasteiger partial charge in [-0.2, -0.15) is 0 Å². The van der Waals surface area contributed by atoms with Crippen molar-refractivity contribution >= 4 is 11.8 Å². The van der Waals surface area contributed by atoms with Crippen molar-refractivity contribution < 1.29 is 24.8 Å². The summed E-state index contributed by atoms with van der Waals surface area (Å²) < 4.78 is 11.6. The number of aliphatic hydroxyl groups is 3. The lowest BCUT2D eigenvalue weighted by Gasteiger charge is -2.30. The number of ether oxygens (including phenoxy) is 2. The number of benzene rings is 3. The Labute approximate surface area is 212 Å². The van der Waals surface area contributed by atoms with Crippen LogP contribution in [-0.2, 0) is 6.42 Å². The molecule has 3 aromatic rings. The summed E-state index contributed by atoms with van der Waals surface area (Å²) in [5.41, 5.74) is 2.86. The summed E-state index contributed by atoms with van der Waals surface area (Å²) in [5.74, 6) is 1.46. The Hall–Kier alpha value is -2.51. The molecule has 3 N–H and O–H groups in total. The van der Waals surface area contributed by atoms with Crippen LogP contribution in [0, 0.1) is 19.3 Å². The third-order valence-electron chi connectivity index (χ3n) is 5.97. The number of hydrogen-bond donors (Lipinski definition) is 3. The molecule has 0 fully saturated rings. The van der Waals surface area contributed by atoms with Crippen LogP contribution in [0.15, 0.2) is 76.5 Å². The van der Waals surface area contributed by atoms with Crippen LogP contribution in [0.25, 0.3) is 0 Å². The fraction of sp³-hybridized carbons (Fsp3) is 0.379. The maximum atomic E-state index is 10.8. The monoisotopic (exact) mass is 496 g/mol. The zero-order valence-corrected chi connectivity index (χ0v) is 21.7. The smallest absolute Gasteiger partial charge is 0.122 e. The average molecular weight is 497 g/mol. The Morgan fingerprint density at radius 2 is 1.34 bits per heavy atom. The molecule has 0 spiro atoms. The standard InChI is InChI=1S/C29H36O5S/c1-20-14-24(10-12-26(20)33-18-23(31)17-30)35-25-11-13-27(21(2)15-25)34-19-28(32)29(3,4)16-22-8-6-5-7-9-22/h5-15,23,28,30-32H,16-19H2,1-4H3. The van der Waals surface area contributed by atoms with E-state index >= 15 is 0 Å². The molecule has 6 heteroatoms. The number of hydrogen-bond acceptors (Lipinski definition) is 6. The minimum atomic E-state index is -0.886. The van der Waals surface area contributed by atoms with Crippen molar-refractivity contribution in [1.29, 1.82) is 0 Å². The summed E-state index contributed by atoms with van der Waals surface area (Å²) in [6, 6.07) is 22.2. The Kier molecular flexibility index (Phi) is 9.63. The topological polar surface area (TPSA) is 79.2 Å².